The molecule has 36 heavy (non-hydrogen) atoms. The second-order valence-electron chi connectivity index (χ2n) is 8.56. The molecule has 0 spiro atoms. The minimum Gasteiger partial charge on any atom is -0.485 e. The van der Waals surface area contributed by atoms with E-state index in [0.29, 0.717) is 36.6 Å². The van der Waals surface area contributed by atoms with Crippen LogP contribution >= 0.6 is 0 Å². The van der Waals surface area contributed by atoms with Crippen LogP contribution in [-0.4, -0.2) is 15.5 Å². The van der Waals surface area contributed by atoms with Crippen molar-refractivity contribution >= 4 is 22.9 Å². The lowest BCUT2D eigenvalue weighted by molar-refractivity contribution is 0.255. The van der Waals surface area contributed by atoms with Crippen LogP contribution in [0.3, 0.4) is 0 Å². The van der Waals surface area contributed by atoms with Crippen LogP contribution in [0.15, 0.2) is 108 Å². The first-order chi connectivity index (χ1) is 17.7. The lowest BCUT2D eigenvalue weighted by Gasteiger charge is -2.24. The molecule has 0 saturated heterocycles. The van der Waals surface area contributed by atoms with E-state index in [1.54, 1.807) is 0 Å². The van der Waals surface area contributed by atoms with E-state index in [2.05, 4.69) is 5.32 Å². The van der Waals surface area contributed by atoms with Crippen LogP contribution in [0.4, 0.5) is 5.95 Å². The number of guanidine groups is 1. The standard InChI is InChI=1S/C29H25N5O2/c30-28-32-27(34-24-14-8-7-13-23(24)31-29(34)33-28)22-15-16-25(35-18-20-9-3-1-4-10-20)26(17-22)36-19-21-11-5-2-6-12-21/h1-17,27H,18-19H2,(H3,30,31,32,33)/t27-/m0/s1. The number of hydrogen-bond acceptors (Lipinski definition) is 6. The van der Waals surface area contributed by atoms with Crippen molar-refractivity contribution < 1.29 is 9.47 Å². The zero-order chi connectivity index (χ0) is 24.3. The number of nitrogens with zero attached hydrogens (tertiary/aromatic N) is 3. The van der Waals surface area contributed by atoms with Crippen LogP contribution in [0.5, 0.6) is 11.5 Å². The van der Waals surface area contributed by atoms with E-state index in [1.165, 1.54) is 0 Å². The first-order valence-electron chi connectivity index (χ1n) is 11.8. The first kappa shape index (κ1) is 21.7. The molecule has 1 atom stereocenters. The summed E-state index contributed by atoms with van der Waals surface area (Å²) in [4.78, 5) is 9.40. The summed E-state index contributed by atoms with van der Waals surface area (Å²) in [7, 11) is 0. The normalized spacial score (nSPS) is 14.6. The number of para-hydroxylation sites is 2. The van der Waals surface area contributed by atoms with Gasteiger partial charge in [-0.3, -0.25) is 9.88 Å². The number of aromatic nitrogens is 2. The number of aliphatic imine (C=N–C) groups is 1. The Kier molecular flexibility index (Phi) is 5.71. The molecule has 0 amide bonds. The van der Waals surface area contributed by atoms with Crippen molar-refractivity contribution in [3.05, 3.63) is 120 Å². The SMILES string of the molecule is NC1=N[C@H](c2ccc(OCc3ccccc3)c(OCc3ccccc3)c2)n2c(nc3ccccc32)N1. The highest BCUT2D eigenvalue weighted by molar-refractivity contribution is 5.94. The number of anilines is 1. The molecule has 0 unspecified atom stereocenters. The van der Waals surface area contributed by atoms with Gasteiger partial charge in [0.25, 0.3) is 0 Å². The fourth-order valence-corrected chi connectivity index (χ4v) is 4.33. The molecule has 1 aromatic heterocycles. The van der Waals surface area contributed by atoms with Gasteiger partial charge in [0.2, 0.25) is 5.95 Å². The number of fused-ring (bicyclic) bond motifs is 3. The van der Waals surface area contributed by atoms with Crippen molar-refractivity contribution in [1.82, 2.24) is 9.55 Å². The minimum absolute atomic E-state index is 0.318. The Morgan fingerprint density at radius 3 is 2.11 bits per heavy atom. The Hall–Kier alpha value is -4.78. The molecular weight excluding hydrogens is 450 g/mol. The Bertz CT molecular complexity index is 1530. The molecule has 0 fully saturated rings. The van der Waals surface area contributed by atoms with E-state index in [0.717, 1.165) is 27.7 Å². The average molecular weight is 476 g/mol. The molecule has 4 aromatic carbocycles. The number of imidazole rings is 1. The van der Waals surface area contributed by atoms with Crippen molar-refractivity contribution in [3.8, 4) is 11.5 Å². The number of rotatable bonds is 7. The molecule has 0 saturated carbocycles. The molecule has 0 bridgehead atoms. The minimum atomic E-state index is -0.393. The van der Waals surface area contributed by atoms with Crippen LogP contribution in [0, 0.1) is 0 Å². The summed E-state index contributed by atoms with van der Waals surface area (Å²) >= 11 is 0. The first-order valence-corrected chi connectivity index (χ1v) is 11.8. The Labute approximate surface area is 208 Å². The second kappa shape index (κ2) is 9.46. The van der Waals surface area contributed by atoms with Crippen molar-refractivity contribution in [2.24, 2.45) is 10.7 Å². The predicted molar refractivity (Wildman–Crippen MR) is 141 cm³/mol. The topological polar surface area (TPSA) is 86.7 Å². The van der Waals surface area contributed by atoms with E-state index in [-0.39, 0.29) is 0 Å². The van der Waals surface area contributed by atoms with Gasteiger partial charge in [0.05, 0.1) is 11.0 Å². The smallest absolute Gasteiger partial charge is 0.212 e. The molecule has 1 aliphatic heterocycles. The monoisotopic (exact) mass is 475 g/mol. The van der Waals surface area contributed by atoms with Gasteiger partial charge in [-0.2, -0.15) is 0 Å². The highest BCUT2D eigenvalue weighted by atomic mass is 16.5. The van der Waals surface area contributed by atoms with E-state index in [1.807, 2.05) is 108 Å². The fraction of sp³-hybridized carbons (Fsp3) is 0.103. The summed E-state index contributed by atoms with van der Waals surface area (Å²) in [5.41, 5.74) is 11.1. The van der Waals surface area contributed by atoms with Crippen LogP contribution in [0.2, 0.25) is 0 Å². The third kappa shape index (κ3) is 4.34. The number of nitrogens with two attached hydrogens (primary N) is 1. The molecule has 2 heterocycles. The molecule has 1 aliphatic rings. The van der Waals surface area contributed by atoms with Gasteiger partial charge in [-0.25, -0.2) is 9.98 Å². The molecule has 6 rings (SSSR count). The zero-order valence-corrected chi connectivity index (χ0v) is 19.5. The third-order valence-electron chi connectivity index (χ3n) is 6.08. The lowest BCUT2D eigenvalue weighted by Crippen LogP contribution is -2.31. The Morgan fingerprint density at radius 2 is 1.39 bits per heavy atom. The summed E-state index contributed by atoms with van der Waals surface area (Å²) < 4.78 is 14.5. The maximum atomic E-state index is 6.28. The summed E-state index contributed by atoms with van der Waals surface area (Å²) in [5, 5.41) is 3.08. The zero-order valence-electron chi connectivity index (χ0n) is 19.5. The van der Waals surface area contributed by atoms with Gasteiger partial charge in [0.1, 0.15) is 13.2 Å². The molecule has 0 radical (unpaired) electrons. The summed E-state index contributed by atoms with van der Waals surface area (Å²) in [6.45, 7) is 0.861. The van der Waals surface area contributed by atoms with Crippen LogP contribution in [0.25, 0.3) is 11.0 Å². The van der Waals surface area contributed by atoms with Crippen molar-refractivity contribution in [2.45, 2.75) is 19.4 Å². The predicted octanol–water partition coefficient (Wildman–Crippen LogP) is 5.48. The summed E-state index contributed by atoms with van der Waals surface area (Å²) in [5.74, 6) is 2.29. The second-order valence-corrected chi connectivity index (χ2v) is 8.56. The Balaban J connectivity index is 1.37. The number of ether oxygens (including phenoxy) is 2. The highest BCUT2D eigenvalue weighted by Gasteiger charge is 2.26. The van der Waals surface area contributed by atoms with E-state index in [4.69, 9.17) is 25.2 Å². The van der Waals surface area contributed by atoms with E-state index >= 15 is 0 Å². The van der Waals surface area contributed by atoms with Gasteiger partial charge in [0.15, 0.2) is 23.6 Å². The number of hydrogen-bond donors (Lipinski definition) is 2. The molecule has 0 aliphatic carbocycles. The quantitative estimate of drug-likeness (QED) is 0.325. The number of benzene rings is 4. The van der Waals surface area contributed by atoms with E-state index < -0.39 is 6.17 Å². The van der Waals surface area contributed by atoms with Gasteiger partial charge in [0, 0.05) is 5.56 Å². The summed E-state index contributed by atoms with van der Waals surface area (Å²) in [6.07, 6.45) is -0.393. The third-order valence-corrected chi connectivity index (χ3v) is 6.08. The van der Waals surface area contributed by atoms with Gasteiger partial charge in [-0.05, 0) is 35.4 Å². The largest absolute Gasteiger partial charge is 0.485 e. The van der Waals surface area contributed by atoms with Crippen LogP contribution in [-0.2, 0) is 13.2 Å². The molecule has 7 nitrogen and oxygen atoms in total. The van der Waals surface area contributed by atoms with Gasteiger partial charge in [-0.15, -0.1) is 0 Å². The molecule has 178 valence electrons. The van der Waals surface area contributed by atoms with E-state index in [9.17, 15) is 0 Å². The summed E-state index contributed by atoms with van der Waals surface area (Å²) in [6, 6.07) is 34.0. The number of nitrogens with one attached hydrogen (secondary N) is 1. The average Bonchev–Trinajstić information content (AvgIpc) is 3.30. The van der Waals surface area contributed by atoms with Crippen LogP contribution < -0.4 is 20.5 Å². The molecule has 3 N–H and O–H groups in total. The molecular formula is C29H25N5O2. The maximum absolute atomic E-state index is 6.28. The van der Waals surface area contributed by atoms with Gasteiger partial charge >= 0.3 is 0 Å². The van der Waals surface area contributed by atoms with Crippen LogP contribution in [0.1, 0.15) is 22.9 Å². The highest BCUT2D eigenvalue weighted by Crippen LogP contribution is 2.37. The van der Waals surface area contributed by atoms with Crippen molar-refractivity contribution in [2.75, 3.05) is 5.32 Å². The lowest BCUT2D eigenvalue weighted by atomic mass is 10.1. The molecule has 5 aromatic rings. The van der Waals surface area contributed by atoms with Gasteiger partial charge < -0.3 is 15.2 Å². The maximum Gasteiger partial charge on any atom is 0.212 e. The Morgan fingerprint density at radius 1 is 0.750 bits per heavy atom. The van der Waals surface area contributed by atoms with Gasteiger partial charge in [-0.1, -0.05) is 78.9 Å². The van der Waals surface area contributed by atoms with Crippen molar-refractivity contribution in [3.63, 3.8) is 0 Å². The molecule has 7 heteroatoms. The fourth-order valence-electron chi connectivity index (χ4n) is 4.33. The van der Waals surface area contributed by atoms with Crippen molar-refractivity contribution in [1.29, 1.82) is 0 Å².